The Morgan fingerprint density at radius 2 is 2.08 bits per heavy atom. The fourth-order valence-corrected chi connectivity index (χ4v) is 3.38. The lowest BCUT2D eigenvalue weighted by atomic mass is 9.95. The molecule has 1 saturated heterocycles. The maximum Gasteiger partial charge on any atom is 0.254 e. The second-order valence-corrected chi connectivity index (χ2v) is 6.49. The molecule has 1 N–H and O–H groups in total. The summed E-state index contributed by atoms with van der Waals surface area (Å²) in [6.45, 7) is 1.90. The number of hydrogen-bond donors (Lipinski definition) is 1. The molecule has 1 aromatic carbocycles. The van der Waals surface area contributed by atoms with Crippen LogP contribution in [0, 0.1) is 4.77 Å². The number of nitrogens with zero attached hydrogens (tertiary/aromatic N) is 3. The molecule has 6 nitrogen and oxygen atoms in total. The van der Waals surface area contributed by atoms with Crippen molar-refractivity contribution >= 4 is 18.1 Å². The summed E-state index contributed by atoms with van der Waals surface area (Å²) in [5.41, 5.74) is 1.66. The van der Waals surface area contributed by atoms with Gasteiger partial charge in [0.2, 0.25) is 0 Å². The number of aromatic amines is 1. The topological polar surface area (TPSA) is 63.1 Å². The predicted molar refractivity (Wildman–Crippen MR) is 93.4 cm³/mol. The highest BCUT2D eigenvalue weighted by molar-refractivity contribution is 7.71. The van der Waals surface area contributed by atoms with Gasteiger partial charge < -0.3 is 14.2 Å². The number of ether oxygens (including phenoxy) is 1. The summed E-state index contributed by atoms with van der Waals surface area (Å²) in [6.07, 6.45) is 1.79. The van der Waals surface area contributed by atoms with Crippen LogP contribution < -0.4 is 0 Å². The number of benzene rings is 1. The van der Waals surface area contributed by atoms with Crippen LogP contribution in [-0.4, -0.2) is 45.8 Å². The molecule has 3 rings (SSSR count). The van der Waals surface area contributed by atoms with E-state index in [0.29, 0.717) is 17.3 Å². The first-order chi connectivity index (χ1) is 11.6. The second kappa shape index (κ2) is 7.27. The molecule has 0 aliphatic carbocycles. The van der Waals surface area contributed by atoms with E-state index in [2.05, 4.69) is 10.2 Å². The Morgan fingerprint density at radius 1 is 1.38 bits per heavy atom. The van der Waals surface area contributed by atoms with Crippen molar-refractivity contribution in [1.29, 1.82) is 0 Å². The van der Waals surface area contributed by atoms with Gasteiger partial charge in [-0.2, -0.15) is 5.10 Å². The number of piperidine rings is 1. The molecule has 0 saturated carbocycles. The minimum atomic E-state index is 0.0801. The average molecular weight is 346 g/mol. The molecule has 2 aromatic rings. The summed E-state index contributed by atoms with van der Waals surface area (Å²) in [5.74, 6) is 1.39. The average Bonchev–Trinajstić information content (AvgIpc) is 2.94. The predicted octanol–water partition coefficient (Wildman–Crippen LogP) is 2.64. The Morgan fingerprint density at radius 3 is 2.71 bits per heavy atom. The van der Waals surface area contributed by atoms with Crippen LogP contribution in [0.5, 0.6) is 0 Å². The zero-order valence-electron chi connectivity index (χ0n) is 14.0. The molecule has 128 valence electrons. The van der Waals surface area contributed by atoms with Gasteiger partial charge in [0.25, 0.3) is 5.91 Å². The Bertz CT molecular complexity index is 775. The van der Waals surface area contributed by atoms with Crippen molar-refractivity contribution in [3.05, 3.63) is 46.0 Å². The summed E-state index contributed by atoms with van der Waals surface area (Å²) >= 11 is 5.18. The van der Waals surface area contributed by atoms with E-state index in [1.165, 1.54) is 0 Å². The normalized spacial score (nSPS) is 15.7. The molecule has 1 aliphatic rings. The lowest BCUT2D eigenvalue weighted by molar-refractivity contribution is 0.0705. The van der Waals surface area contributed by atoms with Crippen molar-refractivity contribution in [3.8, 4) is 0 Å². The molecular formula is C17H22N4O2S. The fourth-order valence-electron chi connectivity index (χ4n) is 3.25. The second-order valence-electron chi connectivity index (χ2n) is 6.10. The highest BCUT2D eigenvalue weighted by Gasteiger charge is 2.27. The van der Waals surface area contributed by atoms with Crippen LogP contribution in [0.1, 0.15) is 40.5 Å². The van der Waals surface area contributed by atoms with Gasteiger partial charge in [-0.05, 0) is 36.7 Å². The van der Waals surface area contributed by atoms with Crippen LogP contribution in [0.2, 0.25) is 0 Å². The number of likely N-dealkylation sites (tertiary alicyclic amines) is 1. The van der Waals surface area contributed by atoms with E-state index >= 15 is 0 Å². The highest BCUT2D eigenvalue weighted by atomic mass is 32.1. The molecule has 7 heteroatoms. The third kappa shape index (κ3) is 3.27. The van der Waals surface area contributed by atoms with E-state index in [4.69, 9.17) is 17.0 Å². The van der Waals surface area contributed by atoms with E-state index in [-0.39, 0.29) is 5.91 Å². The maximum atomic E-state index is 12.8. The number of hydrogen-bond acceptors (Lipinski definition) is 4. The minimum Gasteiger partial charge on any atom is -0.380 e. The van der Waals surface area contributed by atoms with Crippen LogP contribution in [0.4, 0.5) is 0 Å². The van der Waals surface area contributed by atoms with E-state index in [1.54, 1.807) is 7.11 Å². The van der Waals surface area contributed by atoms with Gasteiger partial charge in [-0.25, -0.2) is 0 Å². The summed E-state index contributed by atoms with van der Waals surface area (Å²) in [5, 5.41) is 7.17. The number of methoxy groups -OCH3 is 1. The highest BCUT2D eigenvalue weighted by Crippen LogP contribution is 2.27. The summed E-state index contributed by atoms with van der Waals surface area (Å²) < 4.78 is 7.76. The first kappa shape index (κ1) is 16.9. The van der Waals surface area contributed by atoms with Gasteiger partial charge >= 0.3 is 0 Å². The van der Waals surface area contributed by atoms with Crippen LogP contribution in [0.3, 0.4) is 0 Å². The molecule has 1 fully saturated rings. The van der Waals surface area contributed by atoms with Gasteiger partial charge in [-0.3, -0.25) is 9.89 Å². The third-order valence-electron chi connectivity index (χ3n) is 4.61. The van der Waals surface area contributed by atoms with E-state index in [0.717, 1.165) is 42.9 Å². The van der Waals surface area contributed by atoms with Crippen molar-refractivity contribution < 1.29 is 9.53 Å². The van der Waals surface area contributed by atoms with Crippen molar-refractivity contribution in [2.24, 2.45) is 7.05 Å². The van der Waals surface area contributed by atoms with E-state index < -0.39 is 0 Å². The molecule has 24 heavy (non-hydrogen) atoms. The van der Waals surface area contributed by atoms with Crippen molar-refractivity contribution in [2.45, 2.75) is 25.4 Å². The molecule has 1 amide bonds. The van der Waals surface area contributed by atoms with E-state index in [9.17, 15) is 4.79 Å². The van der Waals surface area contributed by atoms with Gasteiger partial charge in [0.15, 0.2) is 4.77 Å². The Balaban J connectivity index is 1.69. The van der Waals surface area contributed by atoms with Crippen LogP contribution >= 0.6 is 12.2 Å². The number of amides is 1. The quantitative estimate of drug-likeness (QED) is 0.865. The Labute approximate surface area is 146 Å². The first-order valence-corrected chi connectivity index (χ1v) is 8.50. The fraction of sp³-hybridized carbons (Fsp3) is 0.471. The third-order valence-corrected chi connectivity index (χ3v) is 4.97. The van der Waals surface area contributed by atoms with Crippen LogP contribution in [0.15, 0.2) is 24.3 Å². The van der Waals surface area contributed by atoms with Crippen molar-refractivity contribution in [2.75, 3.05) is 20.2 Å². The summed E-state index contributed by atoms with van der Waals surface area (Å²) in [7, 11) is 3.57. The molecule has 0 unspecified atom stereocenters. The number of H-pyrrole nitrogens is 1. The van der Waals surface area contributed by atoms with E-state index in [1.807, 2.05) is 40.8 Å². The summed E-state index contributed by atoms with van der Waals surface area (Å²) in [4.78, 5) is 14.8. The maximum absolute atomic E-state index is 12.8. The lowest BCUT2D eigenvalue weighted by Crippen LogP contribution is -2.38. The zero-order chi connectivity index (χ0) is 17.1. The minimum absolute atomic E-state index is 0.0801. The van der Waals surface area contributed by atoms with Crippen molar-refractivity contribution in [3.63, 3.8) is 0 Å². The molecule has 1 aliphatic heterocycles. The smallest absolute Gasteiger partial charge is 0.254 e. The lowest BCUT2D eigenvalue weighted by Gasteiger charge is -2.32. The van der Waals surface area contributed by atoms with Gasteiger partial charge in [0.1, 0.15) is 5.82 Å². The Kier molecular flexibility index (Phi) is 5.11. The number of nitrogens with one attached hydrogen (secondary N) is 1. The SMILES string of the molecule is COCc1ccccc1C(=O)N1CCC(c2n[nH]c(=S)n2C)CC1. The first-order valence-electron chi connectivity index (χ1n) is 8.09. The van der Waals surface area contributed by atoms with Crippen LogP contribution in [-0.2, 0) is 18.4 Å². The van der Waals surface area contributed by atoms with Gasteiger partial charge in [-0.1, -0.05) is 18.2 Å². The number of carbonyl (C=O) groups is 1. The monoisotopic (exact) mass is 346 g/mol. The van der Waals surface area contributed by atoms with Gasteiger partial charge in [-0.15, -0.1) is 0 Å². The molecule has 2 heterocycles. The molecule has 0 spiro atoms. The molecular weight excluding hydrogens is 324 g/mol. The molecule has 0 bridgehead atoms. The number of carbonyl (C=O) groups excluding carboxylic acids is 1. The van der Waals surface area contributed by atoms with Gasteiger partial charge in [0.05, 0.1) is 6.61 Å². The zero-order valence-corrected chi connectivity index (χ0v) is 14.8. The van der Waals surface area contributed by atoms with Crippen molar-refractivity contribution in [1.82, 2.24) is 19.7 Å². The number of aromatic nitrogens is 3. The molecule has 0 radical (unpaired) electrons. The standard InChI is InChI=1S/C17H22N4O2S/c1-20-15(18-19-17(20)24)12-7-9-21(10-8-12)16(22)14-6-4-3-5-13(14)11-23-2/h3-6,12H,7-11H2,1-2H3,(H,19,24). The van der Waals surface area contributed by atoms with Crippen LogP contribution in [0.25, 0.3) is 0 Å². The largest absolute Gasteiger partial charge is 0.380 e. The molecule has 0 atom stereocenters. The Hall–Kier alpha value is -1.99. The molecule has 1 aromatic heterocycles. The summed E-state index contributed by atoms with van der Waals surface area (Å²) in [6, 6.07) is 7.65. The van der Waals surface area contributed by atoms with Gasteiger partial charge in [0, 0.05) is 38.7 Å². The number of rotatable bonds is 4.